The number of alkyl halides is 3. The van der Waals surface area contributed by atoms with Gasteiger partial charge in [-0.25, -0.2) is 0 Å². The summed E-state index contributed by atoms with van der Waals surface area (Å²) in [6.07, 6.45) is -4.89. The smallest absolute Gasteiger partial charge is 0.416 e. The maximum Gasteiger partial charge on any atom is 0.416 e. The van der Waals surface area contributed by atoms with Crippen molar-refractivity contribution in [2.45, 2.75) is 58.2 Å². The van der Waals surface area contributed by atoms with Gasteiger partial charge in [-0.2, -0.15) is 18.3 Å². The van der Waals surface area contributed by atoms with Crippen LogP contribution < -0.4 is 4.74 Å². The SMILES string of the molecule is Cc1cc(OC(c2ccc(C(F)(F)F)cc2)c2c(Cl)n[nH]c2C(C)(C)C)ccc1CCC(=O)O. The Morgan fingerprint density at radius 1 is 1.15 bits per heavy atom. The van der Waals surface area contributed by atoms with Gasteiger partial charge >= 0.3 is 12.1 Å². The van der Waals surface area contributed by atoms with E-state index in [4.69, 9.17) is 21.4 Å². The van der Waals surface area contributed by atoms with Crippen LogP contribution in [0.15, 0.2) is 42.5 Å². The van der Waals surface area contributed by atoms with Gasteiger partial charge in [0.15, 0.2) is 11.3 Å². The van der Waals surface area contributed by atoms with Crippen molar-refractivity contribution in [1.29, 1.82) is 0 Å². The van der Waals surface area contributed by atoms with Crippen molar-refractivity contribution in [3.8, 4) is 5.75 Å². The van der Waals surface area contributed by atoms with Gasteiger partial charge in [-0.05, 0) is 54.3 Å². The highest BCUT2D eigenvalue weighted by molar-refractivity contribution is 6.30. The average Bonchev–Trinajstić information content (AvgIpc) is 3.12. The fraction of sp³-hybridized carbons (Fsp3) is 0.360. The van der Waals surface area contributed by atoms with Crippen LogP contribution >= 0.6 is 11.6 Å². The standard InChI is InChI=1S/C25H26ClF3N2O3/c1-14-13-18(11-7-15(14)8-12-19(32)33)34-21(16-5-9-17(10-6-16)25(27,28)29)20-22(24(2,3)4)30-31-23(20)26/h5-7,9-11,13,21H,8,12H2,1-4H3,(H,30,31)(H,32,33). The van der Waals surface area contributed by atoms with E-state index in [0.717, 1.165) is 23.3 Å². The molecular weight excluding hydrogens is 469 g/mol. The van der Waals surface area contributed by atoms with Crippen LogP contribution in [0, 0.1) is 6.92 Å². The second kappa shape index (κ2) is 9.70. The van der Waals surface area contributed by atoms with Gasteiger partial charge in [0.05, 0.1) is 11.1 Å². The minimum Gasteiger partial charge on any atom is -0.481 e. The van der Waals surface area contributed by atoms with Gasteiger partial charge in [-0.1, -0.05) is 50.6 Å². The Balaban J connectivity index is 2.04. The van der Waals surface area contributed by atoms with E-state index in [2.05, 4.69) is 10.2 Å². The number of carboxylic acid groups (broad SMARTS) is 1. The molecule has 0 fully saturated rings. The highest BCUT2D eigenvalue weighted by Crippen LogP contribution is 2.39. The van der Waals surface area contributed by atoms with Crippen molar-refractivity contribution in [3.05, 3.63) is 81.1 Å². The summed E-state index contributed by atoms with van der Waals surface area (Å²) in [5, 5.41) is 16.2. The number of halogens is 4. The number of benzene rings is 2. The third-order valence-electron chi connectivity index (χ3n) is 5.49. The first-order valence-corrected chi connectivity index (χ1v) is 11.0. The normalized spacial score (nSPS) is 13.1. The van der Waals surface area contributed by atoms with Crippen LogP contribution in [0.3, 0.4) is 0 Å². The Kier molecular flexibility index (Phi) is 7.31. The Hall–Kier alpha value is -3.00. The van der Waals surface area contributed by atoms with Gasteiger partial charge < -0.3 is 9.84 Å². The van der Waals surface area contributed by atoms with E-state index < -0.39 is 23.8 Å². The number of nitrogens with one attached hydrogen (secondary N) is 1. The summed E-state index contributed by atoms with van der Waals surface area (Å²) >= 11 is 6.44. The van der Waals surface area contributed by atoms with Gasteiger partial charge in [0.2, 0.25) is 0 Å². The summed E-state index contributed by atoms with van der Waals surface area (Å²) in [6.45, 7) is 7.74. The maximum absolute atomic E-state index is 13.1. The lowest BCUT2D eigenvalue weighted by molar-refractivity contribution is -0.138. The summed E-state index contributed by atoms with van der Waals surface area (Å²) in [6, 6.07) is 10.0. The van der Waals surface area contributed by atoms with Gasteiger partial charge in [-0.3, -0.25) is 9.89 Å². The van der Waals surface area contributed by atoms with Crippen molar-refractivity contribution in [2.24, 2.45) is 0 Å². The quantitative estimate of drug-likeness (QED) is 0.375. The average molecular weight is 495 g/mol. The molecule has 2 aromatic carbocycles. The number of H-pyrrole nitrogens is 1. The van der Waals surface area contributed by atoms with Crippen LogP contribution in [0.1, 0.15) is 66.8 Å². The zero-order valence-electron chi connectivity index (χ0n) is 19.3. The van der Waals surface area contributed by atoms with E-state index in [1.807, 2.05) is 27.7 Å². The number of rotatable bonds is 7. The molecule has 0 bridgehead atoms. The monoisotopic (exact) mass is 494 g/mol. The second-order valence-corrected chi connectivity index (χ2v) is 9.51. The Bertz CT molecular complexity index is 1170. The zero-order valence-corrected chi connectivity index (χ0v) is 20.0. The molecule has 182 valence electrons. The molecule has 34 heavy (non-hydrogen) atoms. The lowest BCUT2D eigenvalue weighted by atomic mass is 9.86. The third kappa shape index (κ3) is 5.91. The summed E-state index contributed by atoms with van der Waals surface area (Å²) in [5.74, 6) is -0.412. The molecule has 2 N–H and O–H groups in total. The fourth-order valence-corrected chi connectivity index (χ4v) is 3.92. The molecule has 3 aromatic rings. The minimum atomic E-state index is -4.46. The van der Waals surface area contributed by atoms with Crippen LogP contribution in [0.5, 0.6) is 5.75 Å². The molecule has 1 heterocycles. The van der Waals surface area contributed by atoms with Gasteiger partial charge in [0, 0.05) is 17.5 Å². The summed E-state index contributed by atoms with van der Waals surface area (Å²) in [5.41, 5.74) is 2.30. The lowest BCUT2D eigenvalue weighted by Gasteiger charge is -2.25. The first-order chi connectivity index (χ1) is 15.8. The lowest BCUT2D eigenvalue weighted by Crippen LogP contribution is -2.19. The van der Waals surface area contributed by atoms with Crippen molar-refractivity contribution in [1.82, 2.24) is 10.2 Å². The van der Waals surface area contributed by atoms with E-state index in [1.165, 1.54) is 12.1 Å². The molecule has 1 atom stereocenters. The number of aromatic nitrogens is 2. The predicted octanol–water partition coefficient (Wildman–Crippen LogP) is 6.87. The Morgan fingerprint density at radius 2 is 1.79 bits per heavy atom. The molecule has 0 saturated heterocycles. The number of hydrogen-bond donors (Lipinski definition) is 2. The molecule has 3 rings (SSSR count). The summed E-state index contributed by atoms with van der Waals surface area (Å²) in [4.78, 5) is 10.9. The van der Waals surface area contributed by atoms with Gasteiger partial charge in [0.25, 0.3) is 0 Å². The number of aryl methyl sites for hydroxylation is 2. The number of carbonyl (C=O) groups is 1. The second-order valence-electron chi connectivity index (χ2n) is 9.15. The van der Waals surface area contributed by atoms with Crippen LogP contribution in [-0.4, -0.2) is 21.3 Å². The molecule has 0 amide bonds. The van der Waals surface area contributed by atoms with Crippen LogP contribution in [0.25, 0.3) is 0 Å². The van der Waals surface area contributed by atoms with E-state index in [-0.39, 0.29) is 17.0 Å². The minimum absolute atomic E-state index is 0.00872. The molecular formula is C25H26ClF3N2O3. The number of aliphatic carboxylic acids is 1. The van der Waals surface area contributed by atoms with Crippen LogP contribution in [0.2, 0.25) is 5.15 Å². The molecule has 1 aromatic heterocycles. The van der Waals surface area contributed by atoms with E-state index in [0.29, 0.717) is 29.0 Å². The molecule has 0 aliphatic carbocycles. The summed E-state index contributed by atoms with van der Waals surface area (Å²) in [7, 11) is 0. The Morgan fingerprint density at radius 3 is 2.32 bits per heavy atom. The van der Waals surface area contributed by atoms with E-state index in [1.54, 1.807) is 18.2 Å². The predicted molar refractivity (Wildman–Crippen MR) is 123 cm³/mol. The molecule has 0 radical (unpaired) electrons. The molecule has 0 saturated carbocycles. The molecule has 0 spiro atoms. The molecule has 0 aliphatic rings. The number of aromatic amines is 1. The topological polar surface area (TPSA) is 75.2 Å². The maximum atomic E-state index is 13.1. The molecule has 0 aliphatic heterocycles. The number of carboxylic acids is 1. The van der Waals surface area contributed by atoms with Crippen molar-refractivity contribution in [3.63, 3.8) is 0 Å². The van der Waals surface area contributed by atoms with Crippen molar-refractivity contribution in [2.75, 3.05) is 0 Å². The highest BCUT2D eigenvalue weighted by Gasteiger charge is 2.33. The number of nitrogens with zero attached hydrogens (tertiary/aromatic N) is 1. The number of ether oxygens (including phenoxy) is 1. The van der Waals surface area contributed by atoms with E-state index >= 15 is 0 Å². The Labute approximate surface area is 200 Å². The largest absolute Gasteiger partial charge is 0.481 e. The highest BCUT2D eigenvalue weighted by atomic mass is 35.5. The van der Waals surface area contributed by atoms with Crippen LogP contribution in [-0.2, 0) is 22.8 Å². The third-order valence-corrected chi connectivity index (χ3v) is 5.77. The van der Waals surface area contributed by atoms with Crippen molar-refractivity contribution >= 4 is 17.6 Å². The summed E-state index contributed by atoms with van der Waals surface area (Å²) < 4.78 is 45.7. The molecule has 1 unspecified atom stereocenters. The fourth-order valence-electron chi connectivity index (χ4n) is 3.68. The van der Waals surface area contributed by atoms with Crippen LogP contribution in [0.4, 0.5) is 13.2 Å². The molecule has 9 heteroatoms. The van der Waals surface area contributed by atoms with Gasteiger partial charge in [-0.15, -0.1) is 0 Å². The first-order valence-electron chi connectivity index (χ1n) is 10.7. The van der Waals surface area contributed by atoms with E-state index in [9.17, 15) is 18.0 Å². The van der Waals surface area contributed by atoms with Gasteiger partial charge in [0.1, 0.15) is 5.75 Å². The molecule has 5 nitrogen and oxygen atoms in total. The number of hydrogen-bond acceptors (Lipinski definition) is 3. The zero-order chi connectivity index (χ0) is 25.3. The van der Waals surface area contributed by atoms with Crippen molar-refractivity contribution < 1.29 is 27.8 Å². The first kappa shape index (κ1) is 25.6.